The van der Waals surface area contributed by atoms with Gasteiger partial charge < -0.3 is 10.2 Å². The van der Waals surface area contributed by atoms with Crippen molar-refractivity contribution in [2.75, 3.05) is 31.1 Å². The van der Waals surface area contributed by atoms with Gasteiger partial charge in [0.15, 0.2) is 9.84 Å². The van der Waals surface area contributed by atoms with Crippen LogP contribution in [0.15, 0.2) is 18.2 Å². The fraction of sp³-hybridized carbons (Fsp3) is 0.562. The molecule has 1 aliphatic heterocycles. The van der Waals surface area contributed by atoms with Gasteiger partial charge in [-0.05, 0) is 44.0 Å². The molecular formula is C16H22Cl2N2O3S. The third kappa shape index (κ3) is 5.34. The zero-order chi connectivity index (χ0) is 17.7. The van der Waals surface area contributed by atoms with E-state index in [1.54, 1.807) is 17.0 Å². The molecule has 134 valence electrons. The molecule has 0 saturated carbocycles. The molecule has 0 radical (unpaired) electrons. The normalized spacial score (nSPS) is 19.4. The number of sulfone groups is 1. The second-order valence-electron chi connectivity index (χ2n) is 5.90. The highest BCUT2D eigenvalue weighted by molar-refractivity contribution is 7.91. The number of amides is 1. The Morgan fingerprint density at radius 3 is 2.71 bits per heavy atom. The SMILES string of the molecule is CCN(C(=O)CNCCc1ccc(Cl)cc1Cl)C1CCS(=O)(=O)C1. The summed E-state index contributed by atoms with van der Waals surface area (Å²) in [5.74, 6) is 0.179. The van der Waals surface area contributed by atoms with Crippen LogP contribution in [0.2, 0.25) is 10.0 Å². The van der Waals surface area contributed by atoms with Gasteiger partial charge in [0, 0.05) is 22.6 Å². The average Bonchev–Trinajstić information content (AvgIpc) is 2.86. The maximum Gasteiger partial charge on any atom is 0.236 e. The molecule has 1 aliphatic rings. The van der Waals surface area contributed by atoms with E-state index in [2.05, 4.69) is 5.32 Å². The van der Waals surface area contributed by atoms with Crippen molar-refractivity contribution in [1.82, 2.24) is 10.2 Å². The fourth-order valence-corrected chi connectivity index (χ4v) is 5.14. The summed E-state index contributed by atoms with van der Waals surface area (Å²) in [7, 11) is -2.99. The Bertz CT molecular complexity index is 695. The summed E-state index contributed by atoms with van der Waals surface area (Å²) in [6.45, 7) is 3.18. The molecule has 1 N–H and O–H groups in total. The number of carbonyl (C=O) groups excluding carboxylic acids is 1. The van der Waals surface area contributed by atoms with E-state index in [-0.39, 0.29) is 30.0 Å². The number of likely N-dealkylation sites (N-methyl/N-ethyl adjacent to an activating group) is 1. The molecule has 1 amide bonds. The first-order chi connectivity index (χ1) is 11.3. The minimum Gasteiger partial charge on any atom is -0.338 e. The van der Waals surface area contributed by atoms with Crippen molar-refractivity contribution in [2.45, 2.75) is 25.8 Å². The van der Waals surface area contributed by atoms with Crippen LogP contribution in [0.25, 0.3) is 0 Å². The van der Waals surface area contributed by atoms with Gasteiger partial charge in [0.25, 0.3) is 0 Å². The largest absolute Gasteiger partial charge is 0.338 e. The summed E-state index contributed by atoms with van der Waals surface area (Å²) in [6.07, 6.45) is 1.22. The Morgan fingerprint density at radius 2 is 2.12 bits per heavy atom. The van der Waals surface area contributed by atoms with Crippen LogP contribution in [0.3, 0.4) is 0 Å². The van der Waals surface area contributed by atoms with Crippen molar-refractivity contribution in [2.24, 2.45) is 0 Å². The zero-order valence-electron chi connectivity index (χ0n) is 13.6. The van der Waals surface area contributed by atoms with Gasteiger partial charge >= 0.3 is 0 Å². The topological polar surface area (TPSA) is 66.5 Å². The summed E-state index contributed by atoms with van der Waals surface area (Å²) in [6, 6.07) is 5.16. The van der Waals surface area contributed by atoms with Crippen LogP contribution in [0, 0.1) is 0 Å². The first-order valence-electron chi connectivity index (χ1n) is 7.97. The monoisotopic (exact) mass is 392 g/mol. The Morgan fingerprint density at radius 1 is 1.38 bits per heavy atom. The van der Waals surface area contributed by atoms with Gasteiger partial charge in [-0.15, -0.1) is 0 Å². The fourth-order valence-electron chi connectivity index (χ4n) is 2.90. The van der Waals surface area contributed by atoms with E-state index in [4.69, 9.17) is 23.2 Å². The van der Waals surface area contributed by atoms with Gasteiger partial charge in [0.1, 0.15) is 0 Å². The number of hydrogen-bond acceptors (Lipinski definition) is 4. The third-order valence-corrected chi connectivity index (χ3v) is 6.51. The molecule has 1 saturated heterocycles. The molecule has 1 heterocycles. The van der Waals surface area contributed by atoms with E-state index in [9.17, 15) is 13.2 Å². The van der Waals surface area contributed by atoms with Crippen molar-refractivity contribution in [3.05, 3.63) is 33.8 Å². The highest BCUT2D eigenvalue weighted by Crippen LogP contribution is 2.21. The lowest BCUT2D eigenvalue weighted by Crippen LogP contribution is -2.45. The van der Waals surface area contributed by atoms with Gasteiger partial charge in [-0.3, -0.25) is 4.79 Å². The van der Waals surface area contributed by atoms with Crippen LogP contribution < -0.4 is 5.32 Å². The lowest BCUT2D eigenvalue weighted by Gasteiger charge is -2.27. The predicted molar refractivity (Wildman–Crippen MR) is 97.5 cm³/mol. The number of nitrogens with one attached hydrogen (secondary N) is 1. The smallest absolute Gasteiger partial charge is 0.236 e. The minimum atomic E-state index is -2.99. The van der Waals surface area contributed by atoms with Gasteiger partial charge in [-0.2, -0.15) is 0 Å². The predicted octanol–water partition coefficient (Wildman–Crippen LogP) is 2.16. The summed E-state index contributed by atoms with van der Waals surface area (Å²) < 4.78 is 23.2. The van der Waals surface area contributed by atoms with E-state index >= 15 is 0 Å². The number of nitrogens with zero attached hydrogens (tertiary/aromatic N) is 1. The van der Waals surface area contributed by atoms with Crippen LogP contribution >= 0.6 is 23.2 Å². The highest BCUT2D eigenvalue weighted by atomic mass is 35.5. The molecule has 0 aromatic heterocycles. The Labute approximate surface area is 153 Å². The molecule has 0 aliphatic carbocycles. The minimum absolute atomic E-state index is 0.0678. The van der Waals surface area contributed by atoms with Gasteiger partial charge in [-0.25, -0.2) is 8.42 Å². The average molecular weight is 393 g/mol. The van der Waals surface area contributed by atoms with E-state index in [1.165, 1.54) is 0 Å². The third-order valence-electron chi connectivity index (χ3n) is 4.17. The Hall–Kier alpha value is -0.820. The first-order valence-corrected chi connectivity index (χ1v) is 10.5. The summed E-state index contributed by atoms with van der Waals surface area (Å²) in [4.78, 5) is 14.0. The molecule has 2 rings (SSSR count). The van der Waals surface area contributed by atoms with Crippen molar-refractivity contribution in [3.63, 3.8) is 0 Å². The van der Waals surface area contributed by atoms with Crippen LogP contribution in [0.4, 0.5) is 0 Å². The van der Waals surface area contributed by atoms with Gasteiger partial charge in [0.05, 0.1) is 18.1 Å². The number of halogens is 2. The summed E-state index contributed by atoms with van der Waals surface area (Å²) in [5.41, 5.74) is 0.968. The maximum absolute atomic E-state index is 12.3. The second kappa shape index (κ2) is 8.52. The van der Waals surface area contributed by atoms with Crippen molar-refractivity contribution >= 4 is 38.9 Å². The lowest BCUT2D eigenvalue weighted by molar-refractivity contribution is -0.131. The van der Waals surface area contributed by atoms with Gasteiger partial charge in [0.2, 0.25) is 5.91 Å². The van der Waals surface area contributed by atoms with E-state index in [0.717, 1.165) is 5.56 Å². The summed E-state index contributed by atoms with van der Waals surface area (Å²) >= 11 is 12.0. The van der Waals surface area contributed by atoms with Crippen molar-refractivity contribution < 1.29 is 13.2 Å². The number of benzene rings is 1. The number of rotatable bonds is 7. The van der Waals surface area contributed by atoms with E-state index < -0.39 is 9.84 Å². The molecule has 1 fully saturated rings. The molecule has 1 atom stereocenters. The quantitative estimate of drug-likeness (QED) is 0.721. The second-order valence-corrected chi connectivity index (χ2v) is 8.97. The Kier molecular flexibility index (Phi) is 6.92. The van der Waals surface area contributed by atoms with Crippen LogP contribution in [0.1, 0.15) is 18.9 Å². The summed E-state index contributed by atoms with van der Waals surface area (Å²) in [5, 5.41) is 4.31. The molecule has 1 aromatic carbocycles. The molecule has 8 heteroatoms. The highest BCUT2D eigenvalue weighted by Gasteiger charge is 2.33. The van der Waals surface area contributed by atoms with Gasteiger partial charge in [-0.1, -0.05) is 29.3 Å². The van der Waals surface area contributed by atoms with Crippen LogP contribution in [0.5, 0.6) is 0 Å². The molecular weight excluding hydrogens is 371 g/mol. The van der Waals surface area contributed by atoms with Crippen LogP contribution in [-0.4, -0.2) is 56.4 Å². The first kappa shape index (κ1) is 19.5. The molecule has 0 bridgehead atoms. The van der Waals surface area contributed by atoms with Crippen molar-refractivity contribution in [1.29, 1.82) is 0 Å². The molecule has 5 nitrogen and oxygen atoms in total. The molecule has 1 unspecified atom stereocenters. The molecule has 0 spiro atoms. The van der Waals surface area contributed by atoms with E-state index in [1.807, 2.05) is 13.0 Å². The van der Waals surface area contributed by atoms with Crippen molar-refractivity contribution in [3.8, 4) is 0 Å². The standard InChI is InChI=1S/C16H22Cl2N2O3S/c1-2-20(14-6-8-24(22,23)11-14)16(21)10-19-7-5-12-3-4-13(17)9-15(12)18/h3-4,9,14,19H,2,5-8,10-11H2,1H3. The maximum atomic E-state index is 12.3. The van der Waals surface area contributed by atoms with E-state index in [0.29, 0.717) is 36.0 Å². The van der Waals surface area contributed by atoms with Crippen LogP contribution in [-0.2, 0) is 21.1 Å². The zero-order valence-corrected chi connectivity index (χ0v) is 15.9. The lowest BCUT2D eigenvalue weighted by atomic mass is 10.1. The number of hydrogen-bond donors (Lipinski definition) is 1. The Balaban J connectivity index is 1.79. The number of carbonyl (C=O) groups is 1. The molecule has 24 heavy (non-hydrogen) atoms. The molecule has 1 aromatic rings.